The minimum atomic E-state index is -0.303. The molecule has 2 fully saturated rings. The van der Waals surface area contributed by atoms with Gasteiger partial charge < -0.3 is 15.0 Å². The minimum absolute atomic E-state index is 0.0986. The first-order valence-electron chi connectivity index (χ1n) is 8.72. The van der Waals surface area contributed by atoms with Crippen LogP contribution in [-0.4, -0.2) is 60.3 Å². The monoisotopic (exact) mass is 335 g/mol. The number of nitrogens with zero attached hydrogens (tertiary/aromatic N) is 2. The van der Waals surface area contributed by atoms with Gasteiger partial charge in [0.05, 0.1) is 12.2 Å². The molecule has 6 heteroatoms. The number of carbonyl (C=O) groups is 1. The molecule has 24 heavy (non-hydrogen) atoms. The summed E-state index contributed by atoms with van der Waals surface area (Å²) in [4.78, 5) is 16.9. The Kier molecular flexibility index (Phi) is 5.36. The Morgan fingerprint density at radius 3 is 2.58 bits per heavy atom. The van der Waals surface area contributed by atoms with Gasteiger partial charge in [-0.15, -0.1) is 0 Å². The van der Waals surface area contributed by atoms with Crippen molar-refractivity contribution in [3.05, 3.63) is 30.1 Å². The minimum Gasteiger partial charge on any atom is -0.373 e. The summed E-state index contributed by atoms with van der Waals surface area (Å²) in [6.45, 7) is 7.66. The molecule has 3 atom stereocenters. The van der Waals surface area contributed by atoms with Crippen LogP contribution in [0.3, 0.4) is 0 Å². The van der Waals surface area contributed by atoms with Crippen LogP contribution < -0.4 is 5.32 Å². The van der Waals surface area contributed by atoms with Crippen LogP contribution in [0.15, 0.2) is 24.3 Å². The highest BCUT2D eigenvalue weighted by Crippen LogP contribution is 2.22. The lowest BCUT2D eigenvalue weighted by Crippen LogP contribution is -2.51. The molecule has 0 aromatic heterocycles. The van der Waals surface area contributed by atoms with Crippen molar-refractivity contribution < 1.29 is 13.9 Å². The van der Waals surface area contributed by atoms with Crippen molar-refractivity contribution >= 4 is 11.7 Å². The molecule has 2 saturated heterocycles. The second kappa shape index (κ2) is 7.49. The molecule has 2 aliphatic rings. The molecule has 1 aromatic rings. The Bertz CT molecular complexity index is 556. The number of likely N-dealkylation sites (tertiary alicyclic amines) is 1. The number of hydrogen-bond acceptors (Lipinski definition) is 3. The fourth-order valence-electron chi connectivity index (χ4n) is 3.75. The van der Waals surface area contributed by atoms with Gasteiger partial charge in [0.15, 0.2) is 0 Å². The molecule has 2 aliphatic heterocycles. The summed E-state index contributed by atoms with van der Waals surface area (Å²) in [6, 6.07) is 6.01. The average molecular weight is 335 g/mol. The van der Waals surface area contributed by atoms with Gasteiger partial charge in [0.25, 0.3) is 0 Å². The summed E-state index contributed by atoms with van der Waals surface area (Å²) in [5.74, 6) is -0.303. The molecule has 2 heterocycles. The van der Waals surface area contributed by atoms with Crippen LogP contribution in [0.25, 0.3) is 0 Å². The van der Waals surface area contributed by atoms with Gasteiger partial charge in [-0.05, 0) is 51.0 Å². The largest absolute Gasteiger partial charge is 0.373 e. The third-order valence-corrected chi connectivity index (χ3v) is 4.70. The summed E-state index contributed by atoms with van der Waals surface area (Å²) in [5, 5.41) is 2.87. The Morgan fingerprint density at radius 2 is 1.92 bits per heavy atom. The van der Waals surface area contributed by atoms with E-state index in [-0.39, 0.29) is 30.1 Å². The Hall–Kier alpha value is -1.66. The molecule has 0 radical (unpaired) electrons. The van der Waals surface area contributed by atoms with Crippen LogP contribution in [-0.2, 0) is 4.74 Å². The van der Waals surface area contributed by atoms with Crippen molar-refractivity contribution in [2.24, 2.45) is 0 Å². The first kappa shape index (κ1) is 17.2. The van der Waals surface area contributed by atoms with Crippen molar-refractivity contribution in [3.8, 4) is 0 Å². The van der Waals surface area contributed by atoms with Crippen LogP contribution in [0, 0.1) is 5.82 Å². The molecule has 132 valence electrons. The quantitative estimate of drug-likeness (QED) is 0.924. The van der Waals surface area contributed by atoms with Crippen molar-refractivity contribution in [2.45, 2.75) is 44.9 Å². The van der Waals surface area contributed by atoms with Gasteiger partial charge in [0.2, 0.25) is 0 Å². The summed E-state index contributed by atoms with van der Waals surface area (Å²) < 4.78 is 18.8. The molecule has 1 N–H and O–H groups in total. The predicted octanol–water partition coefficient (Wildman–Crippen LogP) is 2.93. The second-order valence-electron chi connectivity index (χ2n) is 6.90. The zero-order valence-corrected chi connectivity index (χ0v) is 14.4. The molecule has 0 unspecified atom stereocenters. The van der Waals surface area contributed by atoms with Crippen molar-refractivity contribution in [1.82, 2.24) is 9.80 Å². The number of nitrogens with one attached hydrogen (secondary N) is 1. The number of benzene rings is 1. The van der Waals surface area contributed by atoms with Crippen LogP contribution in [0.1, 0.15) is 26.7 Å². The second-order valence-corrected chi connectivity index (χ2v) is 6.90. The van der Waals surface area contributed by atoms with Crippen LogP contribution in [0.2, 0.25) is 0 Å². The van der Waals surface area contributed by atoms with Gasteiger partial charge in [-0.2, -0.15) is 0 Å². The highest BCUT2D eigenvalue weighted by Gasteiger charge is 2.32. The molecule has 0 spiro atoms. The van der Waals surface area contributed by atoms with Crippen molar-refractivity contribution in [2.75, 3.05) is 31.5 Å². The zero-order chi connectivity index (χ0) is 17.1. The number of urea groups is 1. The number of ether oxygens (including phenoxy) is 1. The summed E-state index contributed by atoms with van der Waals surface area (Å²) in [5.41, 5.74) is 0.626. The maximum Gasteiger partial charge on any atom is 0.322 e. The van der Waals surface area contributed by atoms with E-state index >= 15 is 0 Å². The fourth-order valence-corrected chi connectivity index (χ4v) is 3.75. The highest BCUT2D eigenvalue weighted by molar-refractivity contribution is 5.89. The normalized spacial score (nSPS) is 28.1. The van der Waals surface area contributed by atoms with Gasteiger partial charge >= 0.3 is 6.03 Å². The third kappa shape index (κ3) is 4.24. The SMILES string of the molecule is C[C@@H]1CN(C[C@@H]2CCCN2C(=O)Nc2ccc(F)cc2)C[C@H](C)O1. The van der Waals surface area contributed by atoms with E-state index in [1.807, 2.05) is 4.90 Å². The predicted molar refractivity (Wildman–Crippen MR) is 91.6 cm³/mol. The van der Waals surface area contributed by atoms with Crippen molar-refractivity contribution in [1.29, 1.82) is 0 Å². The summed E-state index contributed by atoms with van der Waals surface area (Å²) in [6.07, 6.45) is 2.52. The Morgan fingerprint density at radius 1 is 1.25 bits per heavy atom. The van der Waals surface area contributed by atoms with E-state index in [2.05, 4.69) is 24.1 Å². The van der Waals surface area contributed by atoms with Crippen LogP contribution in [0.5, 0.6) is 0 Å². The lowest BCUT2D eigenvalue weighted by molar-refractivity contribution is -0.0712. The molecule has 3 rings (SSSR count). The van der Waals surface area contributed by atoms with Gasteiger partial charge in [-0.3, -0.25) is 4.90 Å². The molecule has 5 nitrogen and oxygen atoms in total. The zero-order valence-electron chi connectivity index (χ0n) is 14.4. The number of anilines is 1. The number of amides is 2. The van der Waals surface area contributed by atoms with Crippen LogP contribution in [0.4, 0.5) is 14.9 Å². The summed E-state index contributed by atoms with van der Waals surface area (Å²) >= 11 is 0. The number of hydrogen-bond donors (Lipinski definition) is 1. The van der Waals surface area contributed by atoms with E-state index in [4.69, 9.17) is 4.74 Å². The first-order valence-corrected chi connectivity index (χ1v) is 8.72. The van der Waals surface area contributed by atoms with Crippen molar-refractivity contribution in [3.63, 3.8) is 0 Å². The Labute approximate surface area is 142 Å². The summed E-state index contributed by atoms with van der Waals surface area (Å²) in [7, 11) is 0. The maximum atomic E-state index is 13.0. The number of morpholine rings is 1. The van der Waals surface area contributed by atoms with Gasteiger partial charge in [-0.1, -0.05) is 0 Å². The lowest BCUT2D eigenvalue weighted by atomic mass is 10.1. The van der Waals surface area contributed by atoms with E-state index in [0.717, 1.165) is 39.0 Å². The van der Waals surface area contributed by atoms with Gasteiger partial charge in [-0.25, -0.2) is 9.18 Å². The lowest BCUT2D eigenvalue weighted by Gasteiger charge is -2.38. The molecule has 0 saturated carbocycles. The third-order valence-electron chi connectivity index (χ3n) is 4.70. The molecule has 0 bridgehead atoms. The van der Waals surface area contributed by atoms with Gasteiger partial charge in [0.1, 0.15) is 5.82 Å². The van der Waals surface area contributed by atoms with E-state index in [0.29, 0.717) is 5.69 Å². The average Bonchev–Trinajstić information content (AvgIpc) is 2.96. The van der Waals surface area contributed by atoms with Crippen LogP contribution >= 0.6 is 0 Å². The Balaban J connectivity index is 1.58. The highest BCUT2D eigenvalue weighted by atomic mass is 19.1. The fraction of sp³-hybridized carbons (Fsp3) is 0.611. The van der Waals surface area contributed by atoms with E-state index in [9.17, 15) is 9.18 Å². The molecule has 2 amide bonds. The number of halogens is 1. The molecular formula is C18H26FN3O2. The molecular weight excluding hydrogens is 309 g/mol. The molecule has 1 aromatic carbocycles. The number of rotatable bonds is 3. The van der Waals surface area contributed by atoms with E-state index in [1.165, 1.54) is 12.1 Å². The topological polar surface area (TPSA) is 44.8 Å². The van der Waals surface area contributed by atoms with E-state index in [1.54, 1.807) is 12.1 Å². The number of carbonyl (C=O) groups excluding carboxylic acids is 1. The molecule has 0 aliphatic carbocycles. The smallest absolute Gasteiger partial charge is 0.322 e. The van der Waals surface area contributed by atoms with Gasteiger partial charge in [0, 0.05) is 37.9 Å². The maximum absolute atomic E-state index is 13.0. The van der Waals surface area contributed by atoms with E-state index < -0.39 is 0 Å². The first-order chi connectivity index (χ1) is 11.5. The standard InChI is InChI=1S/C18H26FN3O2/c1-13-10-21(11-14(2)24-13)12-17-4-3-9-22(17)18(23)20-16-7-5-15(19)6-8-16/h5-8,13-14,17H,3-4,9-12H2,1-2H3,(H,20,23)/t13-,14+,17-/m0/s1.